The molecule has 0 spiro atoms. The summed E-state index contributed by atoms with van der Waals surface area (Å²) in [6.45, 7) is 3.42. The number of H-pyrrole nitrogens is 1. The number of esters is 2. The number of hydrogen-bond acceptors (Lipinski definition) is 7. The SMILES string of the molecule is COC(=O)c1c(C)[nH]c2ccccc2c1=O.COC(=O)c1c(C)nc2ccccc2c1Cl.O=P(Cl)(Cl)Cl. The third-order valence-corrected chi connectivity index (χ3v) is 5.28. The van der Waals surface area contributed by atoms with Crippen molar-refractivity contribution in [2.24, 2.45) is 0 Å². The molecule has 2 aromatic carbocycles. The Hall–Kier alpha value is -2.61. The van der Waals surface area contributed by atoms with Gasteiger partial charge in [-0.25, -0.2) is 9.59 Å². The number of rotatable bonds is 2. The van der Waals surface area contributed by atoms with E-state index in [2.05, 4.69) is 53.2 Å². The second-order valence-corrected chi connectivity index (χ2v) is 14.3. The maximum absolute atomic E-state index is 12.0. The van der Waals surface area contributed by atoms with Gasteiger partial charge in [-0.1, -0.05) is 41.9 Å². The van der Waals surface area contributed by atoms with Gasteiger partial charge in [0.25, 0.3) is 0 Å². The quantitative estimate of drug-likeness (QED) is 0.187. The fraction of sp³-hybridized carbons (Fsp3) is 0.167. The van der Waals surface area contributed by atoms with Crippen molar-refractivity contribution in [3.63, 3.8) is 0 Å². The molecule has 4 aromatic rings. The average Bonchev–Trinajstić information content (AvgIpc) is 2.83. The van der Waals surface area contributed by atoms with Crippen molar-refractivity contribution in [3.05, 3.63) is 86.3 Å². The van der Waals surface area contributed by atoms with Gasteiger partial charge in [0.05, 0.1) is 30.5 Å². The van der Waals surface area contributed by atoms with Crippen molar-refractivity contribution < 1.29 is 23.6 Å². The molecule has 0 radical (unpaired) electrons. The maximum atomic E-state index is 12.0. The van der Waals surface area contributed by atoms with Crippen LogP contribution in [-0.4, -0.2) is 36.1 Å². The zero-order valence-corrected chi connectivity index (χ0v) is 23.9. The Kier molecular flexibility index (Phi) is 11.0. The number of para-hydroxylation sites is 2. The van der Waals surface area contributed by atoms with Crippen molar-refractivity contribution >= 4 is 84.3 Å². The predicted molar refractivity (Wildman–Crippen MR) is 149 cm³/mol. The first-order valence-electron chi connectivity index (χ1n) is 10.3. The number of fused-ring (bicyclic) bond motifs is 2. The molecule has 1 N–H and O–H groups in total. The van der Waals surface area contributed by atoms with Crippen LogP contribution in [0.15, 0.2) is 53.3 Å². The Morgan fingerprint density at radius 2 is 1.35 bits per heavy atom. The molecule has 2 aromatic heterocycles. The van der Waals surface area contributed by atoms with Gasteiger partial charge in [0, 0.05) is 22.0 Å². The first-order chi connectivity index (χ1) is 17.3. The predicted octanol–water partition coefficient (Wildman–Crippen LogP) is 7.42. The highest BCUT2D eigenvalue weighted by Crippen LogP contribution is 2.61. The summed E-state index contributed by atoms with van der Waals surface area (Å²) in [6, 6.07) is 14.5. The summed E-state index contributed by atoms with van der Waals surface area (Å²) < 4.78 is 18.8. The van der Waals surface area contributed by atoms with E-state index >= 15 is 0 Å². The second kappa shape index (κ2) is 13.3. The molecular formula is C24H21Cl4N2O6P. The number of benzene rings is 2. The number of nitrogens with zero attached hydrogens (tertiary/aromatic N) is 1. The molecule has 0 saturated heterocycles. The van der Waals surface area contributed by atoms with E-state index in [-0.39, 0.29) is 11.0 Å². The molecular weight excluding hydrogens is 585 g/mol. The van der Waals surface area contributed by atoms with E-state index in [1.807, 2.05) is 30.3 Å². The molecule has 0 fully saturated rings. The number of ether oxygens (including phenoxy) is 2. The lowest BCUT2D eigenvalue weighted by Crippen LogP contribution is -2.19. The lowest BCUT2D eigenvalue weighted by molar-refractivity contribution is 0.0590. The molecule has 0 aliphatic carbocycles. The third-order valence-electron chi connectivity index (χ3n) is 4.88. The number of carbonyl (C=O) groups is 2. The smallest absolute Gasteiger partial charge is 0.343 e. The zero-order chi connectivity index (χ0) is 27.9. The minimum atomic E-state index is -3.22. The normalized spacial score (nSPS) is 10.6. The standard InChI is InChI=1S/C12H10ClNO2.C12H11NO3.Cl3OP/c1-7-10(12(15)16-2)11(13)8-5-3-4-6-9(8)14-7;1-7-10(12(15)16-2)11(14)8-5-3-4-6-9(8)13-7;1-5(2,3)4/h3-6H,1-2H3;3-6H,1-2H3,(H,13,14);. The van der Waals surface area contributed by atoms with Crippen LogP contribution in [0, 0.1) is 13.8 Å². The van der Waals surface area contributed by atoms with Crippen LogP contribution < -0.4 is 5.43 Å². The number of nitrogens with one attached hydrogen (secondary N) is 1. The highest BCUT2D eigenvalue weighted by Gasteiger charge is 2.18. The highest BCUT2D eigenvalue weighted by molar-refractivity contribution is 8.24. The van der Waals surface area contributed by atoms with Gasteiger partial charge in [-0.05, 0) is 65.8 Å². The van der Waals surface area contributed by atoms with Crippen LogP contribution in [0.3, 0.4) is 0 Å². The van der Waals surface area contributed by atoms with Crippen molar-refractivity contribution in [2.45, 2.75) is 13.8 Å². The maximum Gasteiger partial charge on any atom is 0.343 e. The first-order valence-corrected chi connectivity index (χ1v) is 15.1. The van der Waals surface area contributed by atoms with E-state index < -0.39 is 17.1 Å². The van der Waals surface area contributed by atoms with Crippen molar-refractivity contribution in [2.75, 3.05) is 14.2 Å². The van der Waals surface area contributed by atoms with E-state index in [1.165, 1.54) is 14.2 Å². The van der Waals surface area contributed by atoms with Crippen LogP contribution in [0.25, 0.3) is 21.8 Å². The summed E-state index contributed by atoms with van der Waals surface area (Å²) in [6.07, 6.45) is 0. The van der Waals surface area contributed by atoms with Gasteiger partial charge >= 0.3 is 17.1 Å². The lowest BCUT2D eigenvalue weighted by atomic mass is 10.1. The zero-order valence-electron chi connectivity index (χ0n) is 20.0. The third kappa shape index (κ3) is 8.19. The number of halogens is 4. The van der Waals surface area contributed by atoms with Crippen LogP contribution in [0.4, 0.5) is 0 Å². The average molecular weight is 606 g/mol. The molecule has 8 nitrogen and oxygen atoms in total. The van der Waals surface area contributed by atoms with E-state index in [1.54, 1.807) is 32.0 Å². The van der Waals surface area contributed by atoms with Crippen molar-refractivity contribution in [1.29, 1.82) is 0 Å². The number of methoxy groups -OCH3 is 2. The topological polar surface area (TPSA) is 115 Å². The minimum Gasteiger partial charge on any atom is -0.465 e. The van der Waals surface area contributed by atoms with Gasteiger partial charge in [-0.15, -0.1) is 0 Å². The number of aryl methyl sites for hydroxylation is 2. The molecule has 37 heavy (non-hydrogen) atoms. The van der Waals surface area contributed by atoms with Crippen LogP contribution >= 0.6 is 50.5 Å². The lowest BCUT2D eigenvalue weighted by Gasteiger charge is -2.08. The molecule has 0 aliphatic rings. The Labute approximate surface area is 231 Å². The first kappa shape index (κ1) is 30.6. The Balaban J connectivity index is 0.000000221. The summed E-state index contributed by atoms with van der Waals surface area (Å²) in [4.78, 5) is 42.4. The van der Waals surface area contributed by atoms with Gasteiger partial charge < -0.3 is 14.5 Å². The summed E-state index contributed by atoms with van der Waals surface area (Å²) >= 11 is 20.0. The van der Waals surface area contributed by atoms with Crippen LogP contribution in [-0.2, 0) is 14.0 Å². The van der Waals surface area contributed by atoms with Gasteiger partial charge in [0.1, 0.15) is 11.1 Å². The van der Waals surface area contributed by atoms with Crippen molar-refractivity contribution in [3.8, 4) is 0 Å². The van der Waals surface area contributed by atoms with Crippen LogP contribution in [0.5, 0.6) is 0 Å². The second-order valence-electron chi connectivity index (χ2n) is 7.28. The molecule has 13 heteroatoms. The summed E-state index contributed by atoms with van der Waals surface area (Å²) in [7, 11) is 2.59. The number of aromatic nitrogens is 2. The minimum absolute atomic E-state index is 0.0706. The van der Waals surface area contributed by atoms with Gasteiger partial charge in [0.2, 0.25) is 5.43 Å². The fourth-order valence-corrected chi connectivity index (χ4v) is 3.71. The van der Waals surface area contributed by atoms with E-state index in [0.29, 0.717) is 27.4 Å². The monoisotopic (exact) mass is 604 g/mol. The number of carbonyl (C=O) groups excluding carboxylic acids is 2. The van der Waals surface area contributed by atoms with Gasteiger partial charge in [0.15, 0.2) is 0 Å². The van der Waals surface area contributed by atoms with Crippen LogP contribution in [0.1, 0.15) is 32.1 Å². The molecule has 0 unspecified atom stereocenters. The molecule has 196 valence electrons. The van der Waals surface area contributed by atoms with E-state index in [0.717, 1.165) is 16.4 Å². The summed E-state index contributed by atoms with van der Waals surface area (Å²) in [5, 5.41) is -1.57. The largest absolute Gasteiger partial charge is 0.465 e. The summed E-state index contributed by atoms with van der Waals surface area (Å²) in [5.41, 5.74) is 2.71. The van der Waals surface area contributed by atoms with Gasteiger partial charge in [-0.3, -0.25) is 14.3 Å². The van der Waals surface area contributed by atoms with Crippen LogP contribution in [0.2, 0.25) is 5.02 Å². The molecule has 0 saturated carbocycles. The highest BCUT2D eigenvalue weighted by atomic mass is 36.0. The Bertz CT molecular complexity index is 1560. The molecule has 0 bridgehead atoms. The molecule has 4 rings (SSSR count). The fourth-order valence-electron chi connectivity index (χ4n) is 3.33. The van der Waals surface area contributed by atoms with Gasteiger partial charge in [-0.2, -0.15) is 0 Å². The molecule has 0 aliphatic heterocycles. The number of aromatic amines is 1. The van der Waals surface area contributed by atoms with Crippen molar-refractivity contribution in [1.82, 2.24) is 9.97 Å². The summed E-state index contributed by atoms with van der Waals surface area (Å²) in [5.74, 6) is -1.06. The number of hydrogen-bond donors (Lipinski definition) is 1. The molecule has 0 amide bonds. The number of pyridine rings is 2. The van der Waals surface area contributed by atoms with E-state index in [9.17, 15) is 18.9 Å². The Morgan fingerprint density at radius 3 is 1.92 bits per heavy atom. The Morgan fingerprint density at radius 1 is 0.865 bits per heavy atom. The molecule has 0 atom stereocenters. The van der Waals surface area contributed by atoms with E-state index in [4.69, 9.17) is 11.6 Å². The molecule has 2 heterocycles.